The highest BCUT2D eigenvalue weighted by Gasteiger charge is 2.18. The normalized spacial score (nSPS) is 12.0. The first-order valence-electron chi connectivity index (χ1n) is 8.05. The lowest BCUT2D eigenvalue weighted by Gasteiger charge is -2.19. The summed E-state index contributed by atoms with van der Waals surface area (Å²) in [5, 5.41) is 2.66. The van der Waals surface area contributed by atoms with Crippen LogP contribution in [0.5, 0.6) is 0 Å². The van der Waals surface area contributed by atoms with Crippen molar-refractivity contribution in [2.24, 2.45) is 0 Å². The molecule has 0 spiro atoms. The van der Waals surface area contributed by atoms with Crippen LogP contribution in [0.4, 0.5) is 5.69 Å². The summed E-state index contributed by atoms with van der Waals surface area (Å²) in [7, 11) is -3.73. The Bertz CT molecular complexity index is 834. The number of carbonyl (C=O) groups excluding carboxylic acids is 1. The van der Waals surface area contributed by atoms with Gasteiger partial charge in [0.25, 0.3) is 0 Å². The number of rotatable bonds is 5. The lowest BCUT2D eigenvalue weighted by Crippen LogP contribution is -2.32. The Kier molecular flexibility index (Phi) is 5.65. The lowest BCUT2D eigenvalue weighted by molar-refractivity contribution is -0.115. The topological polar surface area (TPSA) is 75.3 Å². The highest BCUT2D eigenvalue weighted by molar-refractivity contribution is 7.89. The minimum Gasteiger partial charge on any atom is -0.325 e. The van der Waals surface area contributed by atoms with Crippen molar-refractivity contribution in [2.45, 2.75) is 38.0 Å². The Morgan fingerprint density at radius 2 is 1.52 bits per heavy atom. The van der Waals surface area contributed by atoms with Crippen LogP contribution in [0.15, 0.2) is 53.4 Å². The molecule has 0 bridgehead atoms. The van der Waals surface area contributed by atoms with Crippen LogP contribution in [-0.4, -0.2) is 20.9 Å². The predicted octanol–water partition coefficient (Wildman–Crippen LogP) is 3.21. The van der Waals surface area contributed by atoms with Crippen LogP contribution in [0, 0.1) is 6.92 Å². The summed E-state index contributed by atoms with van der Waals surface area (Å²) in [4.78, 5) is 12.1. The van der Waals surface area contributed by atoms with Crippen LogP contribution in [-0.2, 0) is 20.2 Å². The van der Waals surface area contributed by atoms with E-state index in [1.807, 2.05) is 19.1 Å². The second kappa shape index (κ2) is 7.37. The molecule has 0 unspecified atom stereocenters. The van der Waals surface area contributed by atoms with Crippen molar-refractivity contribution in [3.05, 3.63) is 59.7 Å². The molecule has 0 aliphatic rings. The second-order valence-corrected chi connectivity index (χ2v) is 8.78. The maximum absolute atomic E-state index is 12.3. The van der Waals surface area contributed by atoms with Gasteiger partial charge in [-0.05, 0) is 42.2 Å². The molecule has 0 atom stereocenters. The number of benzene rings is 2. The molecule has 0 saturated carbocycles. The molecule has 5 nitrogen and oxygen atoms in total. The first-order chi connectivity index (χ1) is 11.6. The van der Waals surface area contributed by atoms with Gasteiger partial charge in [-0.2, -0.15) is 0 Å². The van der Waals surface area contributed by atoms with Gasteiger partial charge in [0, 0.05) is 5.69 Å². The highest BCUT2D eigenvalue weighted by atomic mass is 32.2. The number of anilines is 1. The zero-order chi connectivity index (χ0) is 18.7. The third kappa shape index (κ3) is 5.41. The van der Waals surface area contributed by atoms with E-state index in [9.17, 15) is 13.2 Å². The number of hydrogen-bond acceptors (Lipinski definition) is 3. The summed E-state index contributed by atoms with van der Waals surface area (Å²) < 4.78 is 26.9. The van der Waals surface area contributed by atoms with E-state index in [0.29, 0.717) is 5.69 Å². The van der Waals surface area contributed by atoms with E-state index < -0.39 is 15.9 Å². The quantitative estimate of drug-likeness (QED) is 0.860. The molecule has 0 saturated heterocycles. The van der Waals surface area contributed by atoms with Crippen molar-refractivity contribution in [2.75, 3.05) is 11.9 Å². The van der Waals surface area contributed by atoms with Gasteiger partial charge >= 0.3 is 0 Å². The van der Waals surface area contributed by atoms with Gasteiger partial charge in [-0.15, -0.1) is 0 Å². The van der Waals surface area contributed by atoms with Gasteiger partial charge in [0.05, 0.1) is 11.4 Å². The molecule has 25 heavy (non-hydrogen) atoms. The van der Waals surface area contributed by atoms with Crippen LogP contribution in [0.25, 0.3) is 0 Å². The lowest BCUT2D eigenvalue weighted by atomic mass is 9.87. The molecule has 6 heteroatoms. The van der Waals surface area contributed by atoms with Crippen molar-refractivity contribution in [1.29, 1.82) is 0 Å². The van der Waals surface area contributed by atoms with Crippen LogP contribution in [0.1, 0.15) is 31.9 Å². The van der Waals surface area contributed by atoms with Crippen molar-refractivity contribution < 1.29 is 13.2 Å². The van der Waals surface area contributed by atoms with Crippen molar-refractivity contribution in [3.8, 4) is 0 Å². The van der Waals surface area contributed by atoms with E-state index in [4.69, 9.17) is 0 Å². The molecule has 134 valence electrons. The number of aryl methyl sites for hydroxylation is 1. The second-order valence-electron chi connectivity index (χ2n) is 7.01. The fourth-order valence-corrected chi connectivity index (χ4v) is 3.20. The maximum atomic E-state index is 12.3. The van der Waals surface area contributed by atoms with E-state index in [2.05, 4.69) is 30.8 Å². The van der Waals surface area contributed by atoms with Crippen LogP contribution >= 0.6 is 0 Å². The fourth-order valence-electron chi connectivity index (χ4n) is 2.22. The van der Waals surface area contributed by atoms with Crippen LogP contribution < -0.4 is 10.0 Å². The van der Waals surface area contributed by atoms with Crippen molar-refractivity contribution in [1.82, 2.24) is 4.72 Å². The molecule has 1 amide bonds. The first kappa shape index (κ1) is 19.1. The zero-order valence-electron chi connectivity index (χ0n) is 15.0. The molecule has 0 aromatic heterocycles. The Morgan fingerprint density at radius 3 is 2.04 bits per heavy atom. The largest absolute Gasteiger partial charge is 0.325 e. The summed E-state index contributed by atoms with van der Waals surface area (Å²) in [5.41, 5.74) is 2.70. The summed E-state index contributed by atoms with van der Waals surface area (Å²) in [6.07, 6.45) is 0. The van der Waals surface area contributed by atoms with E-state index in [-0.39, 0.29) is 16.9 Å². The molecule has 2 N–H and O–H groups in total. The van der Waals surface area contributed by atoms with Crippen LogP contribution in [0.3, 0.4) is 0 Å². The van der Waals surface area contributed by atoms with Crippen molar-refractivity contribution >= 4 is 21.6 Å². The predicted molar refractivity (Wildman–Crippen MR) is 100 cm³/mol. The standard InChI is InChI=1S/C19H24N2O3S/c1-14-5-9-16(10-6-14)21-18(22)13-20-25(23,24)17-11-7-15(8-12-17)19(2,3)4/h5-12,20H,13H2,1-4H3,(H,21,22). The summed E-state index contributed by atoms with van der Waals surface area (Å²) >= 11 is 0. The number of sulfonamides is 1. The molecule has 0 fully saturated rings. The number of hydrogen-bond donors (Lipinski definition) is 2. The molecule has 2 aromatic carbocycles. The fraction of sp³-hybridized carbons (Fsp3) is 0.316. The zero-order valence-corrected chi connectivity index (χ0v) is 15.8. The third-order valence-electron chi connectivity index (χ3n) is 3.79. The Hall–Kier alpha value is -2.18. The van der Waals surface area contributed by atoms with Gasteiger partial charge in [0.15, 0.2) is 0 Å². The van der Waals surface area contributed by atoms with Gasteiger partial charge in [-0.25, -0.2) is 13.1 Å². The Morgan fingerprint density at radius 1 is 0.960 bits per heavy atom. The molecular formula is C19H24N2O3S. The van der Waals surface area contributed by atoms with E-state index in [0.717, 1.165) is 11.1 Å². The monoisotopic (exact) mass is 360 g/mol. The van der Waals surface area contributed by atoms with E-state index in [1.54, 1.807) is 36.4 Å². The molecule has 0 heterocycles. The smallest absolute Gasteiger partial charge is 0.241 e. The van der Waals surface area contributed by atoms with Gasteiger partial charge in [0.2, 0.25) is 15.9 Å². The number of nitrogens with one attached hydrogen (secondary N) is 2. The van der Waals surface area contributed by atoms with Crippen LogP contribution in [0.2, 0.25) is 0 Å². The highest BCUT2D eigenvalue weighted by Crippen LogP contribution is 2.23. The first-order valence-corrected chi connectivity index (χ1v) is 9.53. The maximum Gasteiger partial charge on any atom is 0.241 e. The number of carbonyl (C=O) groups is 1. The summed E-state index contributed by atoms with van der Waals surface area (Å²) in [6, 6.07) is 14.0. The minimum atomic E-state index is -3.73. The molecular weight excluding hydrogens is 336 g/mol. The van der Waals surface area contributed by atoms with E-state index >= 15 is 0 Å². The van der Waals surface area contributed by atoms with Gasteiger partial charge < -0.3 is 5.32 Å². The Labute approximate surface area is 149 Å². The van der Waals surface area contributed by atoms with Gasteiger partial charge in [-0.3, -0.25) is 4.79 Å². The molecule has 2 aromatic rings. The Balaban J connectivity index is 1.98. The average molecular weight is 360 g/mol. The van der Waals surface area contributed by atoms with E-state index in [1.165, 1.54) is 0 Å². The third-order valence-corrected chi connectivity index (χ3v) is 5.21. The SMILES string of the molecule is Cc1ccc(NC(=O)CNS(=O)(=O)c2ccc(C(C)(C)C)cc2)cc1. The molecule has 2 rings (SSSR count). The summed E-state index contributed by atoms with van der Waals surface area (Å²) in [5.74, 6) is -0.418. The minimum absolute atomic E-state index is 0.0519. The van der Waals surface area contributed by atoms with Gasteiger partial charge in [-0.1, -0.05) is 50.6 Å². The average Bonchev–Trinajstić information content (AvgIpc) is 2.55. The van der Waals surface area contributed by atoms with Gasteiger partial charge in [0.1, 0.15) is 0 Å². The summed E-state index contributed by atoms with van der Waals surface area (Å²) in [6.45, 7) is 7.81. The van der Waals surface area contributed by atoms with Crippen molar-refractivity contribution in [3.63, 3.8) is 0 Å². The molecule has 0 aliphatic carbocycles. The number of amides is 1. The molecule has 0 aliphatic heterocycles. The molecule has 0 radical (unpaired) electrons.